The third-order valence-corrected chi connectivity index (χ3v) is 4.93. The van der Waals surface area contributed by atoms with Crippen LogP contribution in [0.25, 0.3) is 0 Å². The van der Waals surface area contributed by atoms with E-state index in [1.54, 1.807) is 0 Å². The van der Waals surface area contributed by atoms with E-state index in [1.165, 1.54) is 22.0 Å². The van der Waals surface area contributed by atoms with E-state index in [2.05, 4.69) is 58.7 Å². The van der Waals surface area contributed by atoms with Crippen molar-refractivity contribution >= 4 is 28.6 Å². The van der Waals surface area contributed by atoms with Gasteiger partial charge >= 0.3 is 5.97 Å². The number of carboxylic acid groups (broad SMARTS) is 1. The molecule has 2 unspecified atom stereocenters. The highest BCUT2D eigenvalue weighted by Gasteiger charge is 2.27. The standard InChI is InChI=1S/C16H22INO2/c1-12(13-5-7-14(17)8-6-13)18-11-3-2-4-15(18)9-10-16(19)20/h5-8,12,15H,2-4,9-11H2,1H3,(H,19,20). The number of carboxylic acids is 1. The van der Waals surface area contributed by atoms with E-state index >= 15 is 0 Å². The quantitative estimate of drug-likeness (QED) is 0.775. The van der Waals surface area contributed by atoms with Crippen LogP contribution in [0.15, 0.2) is 24.3 Å². The van der Waals surface area contributed by atoms with E-state index in [-0.39, 0.29) is 6.42 Å². The number of halogens is 1. The highest BCUT2D eigenvalue weighted by molar-refractivity contribution is 14.1. The first-order valence-corrected chi connectivity index (χ1v) is 8.39. The highest BCUT2D eigenvalue weighted by atomic mass is 127. The molecule has 1 aromatic rings. The van der Waals surface area contributed by atoms with Crippen LogP contribution in [0.3, 0.4) is 0 Å². The van der Waals surface area contributed by atoms with Crippen LogP contribution in [0.1, 0.15) is 50.6 Å². The average molecular weight is 387 g/mol. The number of hydrogen-bond acceptors (Lipinski definition) is 2. The van der Waals surface area contributed by atoms with Gasteiger partial charge in [0.25, 0.3) is 0 Å². The molecule has 0 bridgehead atoms. The molecule has 0 saturated carbocycles. The van der Waals surface area contributed by atoms with Gasteiger partial charge in [-0.1, -0.05) is 18.6 Å². The lowest BCUT2D eigenvalue weighted by molar-refractivity contribution is -0.137. The maximum absolute atomic E-state index is 10.8. The van der Waals surface area contributed by atoms with E-state index in [0.29, 0.717) is 12.1 Å². The molecule has 20 heavy (non-hydrogen) atoms. The van der Waals surface area contributed by atoms with Crippen molar-refractivity contribution in [1.29, 1.82) is 0 Å². The molecule has 0 aliphatic carbocycles. The molecule has 0 aromatic heterocycles. The van der Waals surface area contributed by atoms with Gasteiger partial charge < -0.3 is 5.11 Å². The fourth-order valence-electron chi connectivity index (χ4n) is 3.07. The molecule has 0 amide bonds. The fourth-order valence-corrected chi connectivity index (χ4v) is 3.43. The molecule has 1 aromatic carbocycles. The van der Waals surface area contributed by atoms with Gasteiger partial charge in [0.05, 0.1) is 0 Å². The number of carbonyl (C=O) groups is 1. The van der Waals surface area contributed by atoms with Crippen LogP contribution in [0.5, 0.6) is 0 Å². The summed E-state index contributed by atoms with van der Waals surface area (Å²) in [6.07, 6.45) is 4.62. The van der Waals surface area contributed by atoms with Crippen molar-refractivity contribution in [2.24, 2.45) is 0 Å². The van der Waals surface area contributed by atoms with Gasteiger partial charge in [-0.05, 0) is 73.0 Å². The zero-order valence-electron chi connectivity index (χ0n) is 11.9. The average Bonchev–Trinajstić information content (AvgIpc) is 2.45. The Labute approximate surface area is 134 Å². The number of aliphatic carboxylic acids is 1. The molecule has 1 fully saturated rings. The van der Waals surface area contributed by atoms with Crippen LogP contribution in [-0.4, -0.2) is 28.6 Å². The van der Waals surface area contributed by atoms with E-state index in [9.17, 15) is 4.79 Å². The second-order valence-corrected chi connectivity index (χ2v) is 6.79. The summed E-state index contributed by atoms with van der Waals surface area (Å²) in [6.45, 7) is 3.32. The molecule has 110 valence electrons. The summed E-state index contributed by atoms with van der Waals surface area (Å²) in [5, 5.41) is 8.90. The summed E-state index contributed by atoms with van der Waals surface area (Å²) in [5.41, 5.74) is 1.33. The summed E-state index contributed by atoms with van der Waals surface area (Å²) >= 11 is 2.32. The predicted octanol–water partition coefficient (Wildman–Crippen LogP) is 4.07. The van der Waals surface area contributed by atoms with Gasteiger partial charge in [0.2, 0.25) is 0 Å². The second-order valence-electron chi connectivity index (χ2n) is 5.55. The number of benzene rings is 1. The van der Waals surface area contributed by atoms with E-state index in [0.717, 1.165) is 19.4 Å². The molecule has 1 saturated heterocycles. The van der Waals surface area contributed by atoms with Gasteiger partial charge in [0.1, 0.15) is 0 Å². The normalized spacial score (nSPS) is 21.6. The maximum Gasteiger partial charge on any atom is 0.303 e. The second kappa shape index (κ2) is 7.41. The Morgan fingerprint density at radius 1 is 1.40 bits per heavy atom. The monoisotopic (exact) mass is 387 g/mol. The van der Waals surface area contributed by atoms with Crippen molar-refractivity contribution in [1.82, 2.24) is 4.90 Å². The molecule has 1 aliphatic rings. The van der Waals surface area contributed by atoms with Crippen LogP contribution in [0.4, 0.5) is 0 Å². The zero-order chi connectivity index (χ0) is 14.5. The lowest BCUT2D eigenvalue weighted by Gasteiger charge is -2.40. The van der Waals surface area contributed by atoms with Gasteiger partial charge in [0.15, 0.2) is 0 Å². The zero-order valence-corrected chi connectivity index (χ0v) is 14.0. The minimum atomic E-state index is -0.683. The summed E-state index contributed by atoms with van der Waals surface area (Å²) in [7, 11) is 0. The van der Waals surface area contributed by atoms with Crippen LogP contribution in [0.2, 0.25) is 0 Å². The molecule has 1 N–H and O–H groups in total. The Bertz CT molecular complexity index is 446. The van der Waals surface area contributed by atoms with E-state index in [1.807, 2.05) is 0 Å². The van der Waals surface area contributed by atoms with E-state index in [4.69, 9.17) is 5.11 Å². The number of nitrogens with zero attached hydrogens (tertiary/aromatic N) is 1. The first-order valence-electron chi connectivity index (χ1n) is 7.31. The van der Waals surface area contributed by atoms with Crippen molar-refractivity contribution in [2.75, 3.05) is 6.54 Å². The van der Waals surface area contributed by atoms with Gasteiger partial charge in [-0.25, -0.2) is 0 Å². The predicted molar refractivity (Wildman–Crippen MR) is 88.8 cm³/mol. The van der Waals surface area contributed by atoms with Crippen LogP contribution in [0, 0.1) is 3.57 Å². The summed E-state index contributed by atoms with van der Waals surface area (Å²) < 4.78 is 1.25. The molecule has 2 rings (SSSR count). The van der Waals surface area contributed by atoms with Crippen molar-refractivity contribution in [2.45, 2.75) is 51.1 Å². The van der Waals surface area contributed by atoms with Gasteiger partial charge in [-0.15, -0.1) is 0 Å². The summed E-state index contributed by atoms with van der Waals surface area (Å²) in [4.78, 5) is 13.3. The van der Waals surface area contributed by atoms with Crippen molar-refractivity contribution in [3.63, 3.8) is 0 Å². The smallest absolute Gasteiger partial charge is 0.303 e. The minimum absolute atomic E-state index is 0.278. The largest absolute Gasteiger partial charge is 0.481 e. The maximum atomic E-state index is 10.8. The number of rotatable bonds is 5. The number of hydrogen-bond donors (Lipinski definition) is 1. The SMILES string of the molecule is CC(c1ccc(I)cc1)N1CCCCC1CCC(=O)O. The van der Waals surface area contributed by atoms with Crippen molar-refractivity contribution in [3.05, 3.63) is 33.4 Å². The molecular formula is C16H22INO2. The summed E-state index contributed by atoms with van der Waals surface area (Å²) in [6, 6.07) is 9.44. The van der Waals surface area contributed by atoms with E-state index < -0.39 is 5.97 Å². The highest BCUT2D eigenvalue weighted by Crippen LogP contribution is 2.30. The lowest BCUT2D eigenvalue weighted by Crippen LogP contribution is -2.41. The first-order chi connectivity index (χ1) is 9.58. The molecule has 4 heteroatoms. The number of piperidine rings is 1. The third-order valence-electron chi connectivity index (χ3n) is 4.21. The Kier molecular flexibility index (Phi) is 5.84. The van der Waals surface area contributed by atoms with Gasteiger partial charge in [-0.2, -0.15) is 0 Å². The minimum Gasteiger partial charge on any atom is -0.481 e. The molecule has 3 nitrogen and oxygen atoms in total. The third kappa shape index (κ3) is 4.19. The molecule has 0 spiro atoms. The summed E-state index contributed by atoms with van der Waals surface area (Å²) in [5.74, 6) is -0.683. The van der Waals surface area contributed by atoms with Gasteiger partial charge in [0, 0.05) is 22.1 Å². The Balaban J connectivity index is 2.06. The lowest BCUT2D eigenvalue weighted by atomic mass is 9.94. The molecule has 0 radical (unpaired) electrons. The Morgan fingerprint density at radius 3 is 2.75 bits per heavy atom. The first kappa shape index (κ1) is 15.8. The Hall–Kier alpha value is -0.620. The van der Waals surface area contributed by atoms with Crippen molar-refractivity contribution < 1.29 is 9.90 Å². The van der Waals surface area contributed by atoms with Crippen LogP contribution >= 0.6 is 22.6 Å². The van der Waals surface area contributed by atoms with Gasteiger partial charge in [-0.3, -0.25) is 9.69 Å². The number of likely N-dealkylation sites (tertiary alicyclic amines) is 1. The Morgan fingerprint density at radius 2 is 2.10 bits per heavy atom. The molecule has 1 aliphatic heterocycles. The van der Waals surface area contributed by atoms with Crippen LogP contribution < -0.4 is 0 Å². The van der Waals surface area contributed by atoms with Crippen LogP contribution in [-0.2, 0) is 4.79 Å². The van der Waals surface area contributed by atoms with Crippen molar-refractivity contribution in [3.8, 4) is 0 Å². The molecular weight excluding hydrogens is 365 g/mol. The molecule has 2 atom stereocenters. The fraction of sp³-hybridized carbons (Fsp3) is 0.562. The topological polar surface area (TPSA) is 40.5 Å². The molecule has 1 heterocycles.